The summed E-state index contributed by atoms with van der Waals surface area (Å²) < 4.78 is 0. The Bertz CT molecular complexity index is 848. The minimum atomic E-state index is -0.177. The fraction of sp³-hybridized carbons (Fsp3) is 0.381. The van der Waals surface area contributed by atoms with Crippen LogP contribution in [0.5, 0.6) is 0 Å². The molecule has 6 heteroatoms. The Kier molecular flexibility index (Phi) is 5.23. The first-order chi connectivity index (χ1) is 13.1. The monoisotopic (exact) mass is 383 g/mol. The molecule has 0 spiro atoms. The number of halogens is 1. The predicted molar refractivity (Wildman–Crippen MR) is 104 cm³/mol. The van der Waals surface area contributed by atoms with E-state index in [2.05, 4.69) is 16.4 Å². The molecule has 1 N–H and O–H groups in total. The predicted octanol–water partition coefficient (Wildman–Crippen LogP) is 3.78. The van der Waals surface area contributed by atoms with Crippen molar-refractivity contribution in [2.75, 3.05) is 13.1 Å². The molecule has 27 heavy (non-hydrogen) atoms. The summed E-state index contributed by atoms with van der Waals surface area (Å²) in [4.78, 5) is 30.6. The molecule has 1 unspecified atom stereocenters. The van der Waals surface area contributed by atoms with E-state index in [9.17, 15) is 9.59 Å². The molecule has 0 saturated heterocycles. The number of imide groups is 1. The number of hydrogen-bond donors (Lipinski definition) is 1. The largest absolute Gasteiger partial charge is 0.309 e. The maximum absolute atomic E-state index is 12.4. The van der Waals surface area contributed by atoms with Crippen molar-refractivity contribution in [1.29, 1.82) is 0 Å². The summed E-state index contributed by atoms with van der Waals surface area (Å²) >= 11 is 6.06. The van der Waals surface area contributed by atoms with E-state index in [1.54, 1.807) is 24.3 Å². The van der Waals surface area contributed by atoms with Gasteiger partial charge in [-0.15, -0.1) is 0 Å². The van der Waals surface area contributed by atoms with Gasteiger partial charge in [-0.2, -0.15) is 0 Å². The van der Waals surface area contributed by atoms with Crippen molar-refractivity contribution < 1.29 is 9.59 Å². The molecule has 0 bridgehead atoms. The number of rotatable bonds is 6. The number of nitrogens with zero attached hydrogens (tertiary/aromatic N) is 2. The highest BCUT2D eigenvalue weighted by Gasteiger charge is 2.34. The molecule has 140 valence electrons. The van der Waals surface area contributed by atoms with Crippen LogP contribution < -0.4 is 5.32 Å². The maximum atomic E-state index is 12.4. The molecule has 1 aromatic heterocycles. The topological polar surface area (TPSA) is 62.3 Å². The van der Waals surface area contributed by atoms with Gasteiger partial charge in [-0.1, -0.05) is 29.8 Å². The number of hydrogen-bond acceptors (Lipinski definition) is 4. The third kappa shape index (κ3) is 3.62. The zero-order chi connectivity index (χ0) is 18.8. The molecule has 5 nitrogen and oxygen atoms in total. The molecule has 0 fully saturated rings. The van der Waals surface area contributed by atoms with Gasteiger partial charge in [0.25, 0.3) is 11.8 Å². The third-order valence-electron chi connectivity index (χ3n) is 5.32. The quantitative estimate of drug-likeness (QED) is 0.468. The molecule has 1 aromatic carbocycles. The fourth-order valence-electron chi connectivity index (χ4n) is 3.94. The van der Waals surface area contributed by atoms with Crippen molar-refractivity contribution in [3.63, 3.8) is 0 Å². The third-order valence-corrected chi connectivity index (χ3v) is 5.54. The lowest BCUT2D eigenvalue weighted by molar-refractivity contribution is 0.0651. The zero-order valence-corrected chi connectivity index (χ0v) is 15.8. The average molecular weight is 384 g/mol. The molecule has 0 radical (unpaired) electrons. The summed E-state index contributed by atoms with van der Waals surface area (Å²) in [7, 11) is 0. The van der Waals surface area contributed by atoms with Crippen molar-refractivity contribution in [2.45, 2.75) is 38.1 Å². The number of unbranched alkanes of at least 4 members (excludes halogenated alkanes) is 1. The molecule has 2 aromatic rings. The van der Waals surface area contributed by atoms with Crippen molar-refractivity contribution >= 4 is 23.4 Å². The van der Waals surface area contributed by atoms with Gasteiger partial charge in [-0.3, -0.25) is 14.5 Å². The summed E-state index contributed by atoms with van der Waals surface area (Å²) in [5, 5.41) is 4.10. The number of nitrogens with one attached hydrogen (secondary N) is 1. The molecule has 1 aliphatic heterocycles. The Morgan fingerprint density at radius 1 is 1.07 bits per heavy atom. The van der Waals surface area contributed by atoms with Crippen molar-refractivity contribution in [3.05, 3.63) is 63.9 Å². The minimum Gasteiger partial charge on any atom is -0.309 e. The summed E-state index contributed by atoms with van der Waals surface area (Å²) in [5.41, 5.74) is 3.37. The SMILES string of the molecule is O=C1c2ccccc2C(=O)N1CCCCNC1CCCc2ccc(Cl)nc21. The first-order valence-corrected chi connectivity index (χ1v) is 9.87. The lowest BCUT2D eigenvalue weighted by atomic mass is 9.92. The van der Waals surface area contributed by atoms with Gasteiger partial charge in [-0.05, 0) is 62.4 Å². The van der Waals surface area contributed by atoms with Gasteiger partial charge >= 0.3 is 0 Å². The van der Waals surface area contributed by atoms with Crippen LogP contribution in [0.1, 0.15) is 63.7 Å². The zero-order valence-electron chi connectivity index (χ0n) is 15.1. The highest BCUT2D eigenvalue weighted by Crippen LogP contribution is 2.29. The van der Waals surface area contributed by atoms with Crippen LogP contribution in [0, 0.1) is 0 Å². The van der Waals surface area contributed by atoms with Crippen LogP contribution in [0.3, 0.4) is 0 Å². The fourth-order valence-corrected chi connectivity index (χ4v) is 4.09. The molecule has 1 atom stereocenters. The first-order valence-electron chi connectivity index (χ1n) is 9.49. The highest BCUT2D eigenvalue weighted by atomic mass is 35.5. The van der Waals surface area contributed by atoms with Gasteiger partial charge in [0.05, 0.1) is 16.8 Å². The lowest BCUT2D eigenvalue weighted by Crippen LogP contribution is -2.31. The molecule has 2 amide bonds. The number of aromatic nitrogens is 1. The smallest absolute Gasteiger partial charge is 0.261 e. The van der Waals surface area contributed by atoms with Crippen LogP contribution >= 0.6 is 11.6 Å². The van der Waals surface area contributed by atoms with E-state index >= 15 is 0 Å². The lowest BCUT2D eigenvalue weighted by Gasteiger charge is -2.25. The van der Waals surface area contributed by atoms with Gasteiger partial charge in [-0.25, -0.2) is 4.98 Å². The summed E-state index contributed by atoms with van der Waals surface area (Å²) in [5.74, 6) is -0.354. The van der Waals surface area contributed by atoms with Gasteiger partial charge in [0, 0.05) is 12.6 Å². The van der Waals surface area contributed by atoms with Crippen molar-refractivity contribution in [3.8, 4) is 0 Å². The highest BCUT2D eigenvalue weighted by molar-refractivity contribution is 6.29. The van der Waals surface area contributed by atoms with Gasteiger partial charge < -0.3 is 5.32 Å². The summed E-state index contributed by atoms with van der Waals surface area (Å²) in [6.07, 6.45) is 4.92. The van der Waals surface area contributed by atoms with Crippen LogP contribution in [0.2, 0.25) is 5.15 Å². The number of fused-ring (bicyclic) bond motifs is 2. The van der Waals surface area contributed by atoms with E-state index in [1.807, 2.05) is 6.07 Å². The van der Waals surface area contributed by atoms with Crippen molar-refractivity contribution in [2.24, 2.45) is 0 Å². The minimum absolute atomic E-state index is 0.177. The van der Waals surface area contributed by atoms with Crippen LogP contribution in [-0.4, -0.2) is 34.8 Å². The molecular formula is C21H22ClN3O2. The molecular weight excluding hydrogens is 362 g/mol. The van der Waals surface area contributed by atoms with Crippen LogP contribution in [0.4, 0.5) is 0 Å². The number of carbonyl (C=O) groups is 2. The van der Waals surface area contributed by atoms with Gasteiger partial charge in [0.2, 0.25) is 0 Å². The Hall–Kier alpha value is -2.24. The summed E-state index contributed by atoms with van der Waals surface area (Å²) in [6.45, 7) is 1.28. The molecule has 0 saturated carbocycles. The Morgan fingerprint density at radius 2 is 1.81 bits per heavy atom. The first kappa shape index (κ1) is 18.1. The van der Waals surface area contributed by atoms with E-state index in [4.69, 9.17) is 11.6 Å². The van der Waals surface area contributed by atoms with Crippen molar-refractivity contribution in [1.82, 2.24) is 15.2 Å². The van der Waals surface area contributed by atoms with Crippen LogP contribution in [0.25, 0.3) is 0 Å². The molecule has 2 aliphatic rings. The number of pyridine rings is 1. The normalized spacial score (nSPS) is 18.6. The van der Waals surface area contributed by atoms with E-state index in [1.165, 1.54) is 10.5 Å². The standard InChI is InChI=1S/C21H22ClN3O2/c22-18-11-10-14-6-5-9-17(19(14)24-18)23-12-3-4-13-25-20(26)15-7-1-2-8-16(15)21(25)27/h1-2,7-8,10-11,17,23H,3-6,9,12-13H2. The van der Waals surface area contributed by atoms with Crippen LogP contribution in [0.15, 0.2) is 36.4 Å². The van der Waals surface area contributed by atoms with E-state index in [0.29, 0.717) is 22.8 Å². The Balaban J connectivity index is 1.27. The second kappa shape index (κ2) is 7.79. The number of carbonyl (C=O) groups excluding carboxylic acids is 2. The second-order valence-electron chi connectivity index (χ2n) is 7.09. The van der Waals surface area contributed by atoms with E-state index in [-0.39, 0.29) is 17.9 Å². The Labute approximate surface area is 163 Å². The van der Waals surface area contributed by atoms with E-state index in [0.717, 1.165) is 44.3 Å². The summed E-state index contributed by atoms with van der Waals surface area (Å²) in [6, 6.07) is 11.2. The second-order valence-corrected chi connectivity index (χ2v) is 7.48. The van der Waals surface area contributed by atoms with Gasteiger partial charge in [0.15, 0.2) is 0 Å². The van der Waals surface area contributed by atoms with Gasteiger partial charge in [0.1, 0.15) is 5.15 Å². The molecule has 1 aliphatic carbocycles. The molecule has 4 rings (SSSR count). The van der Waals surface area contributed by atoms with E-state index < -0.39 is 0 Å². The number of amides is 2. The number of benzene rings is 1. The maximum Gasteiger partial charge on any atom is 0.261 e. The molecule has 2 heterocycles. The Morgan fingerprint density at radius 3 is 2.56 bits per heavy atom. The van der Waals surface area contributed by atoms with Crippen LogP contribution in [-0.2, 0) is 6.42 Å². The number of aryl methyl sites for hydroxylation is 1. The average Bonchev–Trinajstić information content (AvgIpc) is 2.93.